The summed E-state index contributed by atoms with van der Waals surface area (Å²) in [4.78, 5) is 4.49. The van der Waals surface area contributed by atoms with Gasteiger partial charge in [0, 0.05) is 28.9 Å². The molecule has 0 aliphatic heterocycles. The Morgan fingerprint density at radius 1 is 1.56 bits per heavy atom. The van der Waals surface area contributed by atoms with E-state index >= 15 is 0 Å². The number of thiazole rings is 1. The van der Waals surface area contributed by atoms with E-state index in [1.165, 1.54) is 0 Å². The molecule has 0 bridgehead atoms. The first-order valence-electron chi connectivity index (χ1n) is 5.59. The first-order valence-corrected chi connectivity index (χ1v) is 8.14. The molecule has 4 nitrogen and oxygen atoms in total. The van der Waals surface area contributed by atoms with Crippen molar-refractivity contribution in [3.63, 3.8) is 0 Å². The van der Waals surface area contributed by atoms with Crippen LogP contribution in [0.3, 0.4) is 0 Å². The Morgan fingerprint density at radius 3 is 3.00 bits per heavy atom. The van der Waals surface area contributed by atoms with Crippen molar-refractivity contribution in [3.05, 3.63) is 18.2 Å². The van der Waals surface area contributed by atoms with Gasteiger partial charge in [-0.15, -0.1) is 0 Å². The first-order chi connectivity index (χ1) is 8.58. The lowest BCUT2D eigenvalue weighted by Crippen LogP contribution is -2.21. The quantitative estimate of drug-likeness (QED) is 0.916. The minimum absolute atomic E-state index is 0.151. The average molecular weight is 284 g/mol. The Balaban J connectivity index is 2.17. The van der Waals surface area contributed by atoms with Crippen LogP contribution in [-0.4, -0.2) is 34.4 Å². The Kier molecular flexibility index (Phi) is 4.19. The van der Waals surface area contributed by atoms with Crippen molar-refractivity contribution < 1.29 is 8.95 Å². The van der Waals surface area contributed by atoms with Gasteiger partial charge in [-0.1, -0.05) is 11.3 Å². The van der Waals surface area contributed by atoms with Gasteiger partial charge < -0.3 is 10.1 Å². The number of hydrogen-bond acceptors (Lipinski definition) is 5. The molecule has 0 spiro atoms. The Labute approximate surface area is 113 Å². The predicted molar refractivity (Wildman–Crippen MR) is 78.2 cm³/mol. The number of anilines is 1. The first kappa shape index (κ1) is 13.3. The molecule has 0 aliphatic rings. The summed E-state index contributed by atoms with van der Waals surface area (Å²) in [5, 5.41) is 4.13. The van der Waals surface area contributed by atoms with Crippen LogP contribution < -0.4 is 10.1 Å². The molecule has 0 aliphatic carbocycles. The minimum atomic E-state index is -0.798. The summed E-state index contributed by atoms with van der Waals surface area (Å²) in [6.45, 7) is 2.01. The maximum atomic E-state index is 11.1. The van der Waals surface area contributed by atoms with Gasteiger partial charge in [0.05, 0.1) is 17.3 Å². The van der Waals surface area contributed by atoms with Gasteiger partial charge >= 0.3 is 0 Å². The molecule has 0 radical (unpaired) electrons. The summed E-state index contributed by atoms with van der Waals surface area (Å²) in [7, 11) is 0.855. The molecular weight excluding hydrogens is 268 g/mol. The highest BCUT2D eigenvalue weighted by Gasteiger charge is 2.09. The van der Waals surface area contributed by atoms with Crippen molar-refractivity contribution in [2.75, 3.05) is 24.4 Å². The lowest BCUT2D eigenvalue weighted by molar-refractivity contribution is 0.415. The number of rotatable bonds is 5. The van der Waals surface area contributed by atoms with Crippen LogP contribution in [0.5, 0.6) is 5.75 Å². The molecule has 0 fully saturated rings. The van der Waals surface area contributed by atoms with E-state index in [-0.39, 0.29) is 6.04 Å². The summed E-state index contributed by atoms with van der Waals surface area (Å²) >= 11 is 1.58. The van der Waals surface area contributed by atoms with E-state index in [1.807, 2.05) is 25.1 Å². The normalized spacial score (nSPS) is 14.4. The summed E-state index contributed by atoms with van der Waals surface area (Å²) in [6, 6.07) is 5.97. The SMILES string of the molecule is COc1ccc2nc(NC(C)CS(C)=O)sc2c1. The molecule has 98 valence electrons. The summed E-state index contributed by atoms with van der Waals surface area (Å²) in [6.07, 6.45) is 1.71. The molecule has 2 aromatic rings. The van der Waals surface area contributed by atoms with Crippen LogP contribution in [0.4, 0.5) is 5.13 Å². The van der Waals surface area contributed by atoms with Crippen molar-refractivity contribution in [1.29, 1.82) is 0 Å². The van der Waals surface area contributed by atoms with Gasteiger partial charge in [0.15, 0.2) is 5.13 Å². The van der Waals surface area contributed by atoms with E-state index in [0.717, 1.165) is 21.1 Å². The smallest absolute Gasteiger partial charge is 0.184 e. The molecular formula is C12H16N2O2S2. The zero-order valence-corrected chi connectivity index (χ0v) is 12.2. The van der Waals surface area contributed by atoms with Crippen LogP contribution in [-0.2, 0) is 10.8 Å². The fraction of sp³-hybridized carbons (Fsp3) is 0.417. The highest BCUT2D eigenvalue weighted by Crippen LogP contribution is 2.29. The molecule has 0 amide bonds. The Hall–Kier alpha value is -1.14. The van der Waals surface area contributed by atoms with Gasteiger partial charge in [0.2, 0.25) is 0 Å². The van der Waals surface area contributed by atoms with Gasteiger partial charge in [-0.05, 0) is 25.1 Å². The molecule has 2 unspecified atom stereocenters. The summed E-state index contributed by atoms with van der Waals surface area (Å²) < 4.78 is 17.4. The molecule has 0 saturated carbocycles. The standard InChI is InChI=1S/C12H16N2O2S2/c1-8(7-18(3)15)13-12-14-10-5-4-9(16-2)6-11(10)17-12/h4-6,8H,7H2,1-3H3,(H,13,14). The van der Waals surface area contributed by atoms with Crippen molar-refractivity contribution in [1.82, 2.24) is 4.98 Å². The molecule has 1 aromatic heterocycles. The topological polar surface area (TPSA) is 51.2 Å². The Morgan fingerprint density at radius 2 is 2.33 bits per heavy atom. The number of ether oxygens (including phenoxy) is 1. The van der Waals surface area contributed by atoms with E-state index in [9.17, 15) is 4.21 Å². The molecule has 2 atom stereocenters. The highest BCUT2D eigenvalue weighted by atomic mass is 32.2. The molecule has 0 saturated heterocycles. The third kappa shape index (κ3) is 3.20. The monoisotopic (exact) mass is 284 g/mol. The third-order valence-electron chi connectivity index (χ3n) is 2.45. The van der Waals surface area contributed by atoms with Crippen molar-refractivity contribution in [3.8, 4) is 5.75 Å². The van der Waals surface area contributed by atoms with E-state index in [1.54, 1.807) is 24.7 Å². The number of hydrogen-bond donors (Lipinski definition) is 1. The lowest BCUT2D eigenvalue weighted by Gasteiger charge is -2.10. The zero-order valence-electron chi connectivity index (χ0n) is 10.6. The number of aromatic nitrogens is 1. The molecule has 18 heavy (non-hydrogen) atoms. The van der Waals surface area contributed by atoms with Gasteiger partial charge in [-0.2, -0.15) is 0 Å². The van der Waals surface area contributed by atoms with E-state index in [0.29, 0.717) is 5.75 Å². The van der Waals surface area contributed by atoms with Crippen LogP contribution in [0.2, 0.25) is 0 Å². The summed E-state index contributed by atoms with van der Waals surface area (Å²) in [5.74, 6) is 1.46. The van der Waals surface area contributed by atoms with Crippen LogP contribution in [0.15, 0.2) is 18.2 Å². The second kappa shape index (κ2) is 5.67. The average Bonchev–Trinajstić information content (AvgIpc) is 2.68. The van der Waals surface area contributed by atoms with Crippen LogP contribution in [0.1, 0.15) is 6.92 Å². The van der Waals surface area contributed by atoms with Crippen LogP contribution in [0, 0.1) is 0 Å². The zero-order chi connectivity index (χ0) is 13.1. The Bertz CT molecular complexity index is 568. The van der Waals surface area contributed by atoms with Gasteiger partial charge in [0.1, 0.15) is 5.75 Å². The van der Waals surface area contributed by atoms with E-state index in [2.05, 4.69) is 10.3 Å². The number of methoxy groups -OCH3 is 1. The maximum absolute atomic E-state index is 11.1. The largest absolute Gasteiger partial charge is 0.497 e. The van der Waals surface area contributed by atoms with Crippen LogP contribution >= 0.6 is 11.3 Å². The van der Waals surface area contributed by atoms with E-state index < -0.39 is 10.8 Å². The van der Waals surface area contributed by atoms with Gasteiger partial charge in [-0.25, -0.2) is 4.98 Å². The summed E-state index contributed by atoms with van der Waals surface area (Å²) in [5.41, 5.74) is 0.952. The molecule has 1 N–H and O–H groups in total. The number of benzene rings is 1. The lowest BCUT2D eigenvalue weighted by atomic mass is 10.3. The number of nitrogens with zero attached hydrogens (tertiary/aromatic N) is 1. The number of nitrogens with one attached hydrogen (secondary N) is 1. The second-order valence-electron chi connectivity index (χ2n) is 4.14. The highest BCUT2D eigenvalue weighted by molar-refractivity contribution is 7.84. The van der Waals surface area contributed by atoms with Crippen molar-refractivity contribution >= 4 is 37.5 Å². The third-order valence-corrected chi connectivity index (χ3v) is 4.37. The molecule has 6 heteroatoms. The number of fused-ring (bicyclic) bond motifs is 1. The molecule has 1 heterocycles. The van der Waals surface area contributed by atoms with E-state index in [4.69, 9.17) is 4.74 Å². The molecule has 1 aromatic carbocycles. The van der Waals surface area contributed by atoms with Crippen LogP contribution in [0.25, 0.3) is 10.2 Å². The predicted octanol–water partition coefficient (Wildman–Crippen LogP) is 2.48. The fourth-order valence-electron chi connectivity index (χ4n) is 1.70. The van der Waals surface area contributed by atoms with Gasteiger partial charge in [0.25, 0.3) is 0 Å². The van der Waals surface area contributed by atoms with Crippen molar-refractivity contribution in [2.45, 2.75) is 13.0 Å². The van der Waals surface area contributed by atoms with Crippen molar-refractivity contribution in [2.24, 2.45) is 0 Å². The molecule has 2 rings (SSSR count). The second-order valence-corrected chi connectivity index (χ2v) is 6.65. The minimum Gasteiger partial charge on any atom is -0.497 e. The van der Waals surface area contributed by atoms with Gasteiger partial charge in [-0.3, -0.25) is 4.21 Å². The maximum Gasteiger partial charge on any atom is 0.184 e. The fourth-order valence-corrected chi connectivity index (χ4v) is 3.49.